The third-order valence-electron chi connectivity index (χ3n) is 3.43. The molecule has 0 radical (unpaired) electrons. The van der Waals surface area contributed by atoms with Crippen LogP contribution in [-0.4, -0.2) is 43.7 Å². The normalized spacial score (nSPS) is 15.1. The maximum Gasteiger partial charge on any atom is 0.117 e. The van der Waals surface area contributed by atoms with E-state index in [2.05, 4.69) is 35.1 Å². The number of nitrogens with zero attached hydrogens (tertiary/aromatic N) is 1. The van der Waals surface area contributed by atoms with Gasteiger partial charge in [-0.1, -0.05) is 58.6 Å². The molecule has 0 aliphatic carbocycles. The molecule has 1 N–H and O–H groups in total. The molecule has 0 spiro atoms. The van der Waals surface area contributed by atoms with Gasteiger partial charge in [-0.25, -0.2) is 0 Å². The van der Waals surface area contributed by atoms with Crippen molar-refractivity contribution in [2.24, 2.45) is 0 Å². The molecule has 0 aromatic heterocycles. The fraction of sp³-hybridized carbons (Fsp3) is 0.647. The Hall–Kier alpha value is -0.586. The molecule has 1 aromatic carbocycles. The SMILES string of the molecule is C.C.C[SiH2]CCN1CCCCC1.C[SiH2]Nc1ccccc1. The third-order valence-corrected chi connectivity index (χ3v) is 5.22. The van der Waals surface area contributed by atoms with Gasteiger partial charge < -0.3 is 9.88 Å². The molecule has 1 aromatic rings. The van der Waals surface area contributed by atoms with Crippen LogP contribution in [0.5, 0.6) is 0 Å². The van der Waals surface area contributed by atoms with Crippen LogP contribution >= 0.6 is 0 Å². The largest absolute Gasteiger partial charge is 0.416 e. The first-order chi connectivity index (χ1) is 9.36. The van der Waals surface area contributed by atoms with Gasteiger partial charge in [0.05, 0.1) is 0 Å². The molecule has 0 unspecified atom stereocenters. The summed E-state index contributed by atoms with van der Waals surface area (Å²) in [6, 6.07) is 11.8. The van der Waals surface area contributed by atoms with Crippen molar-refractivity contribution in [1.29, 1.82) is 0 Å². The zero-order valence-corrected chi connectivity index (χ0v) is 15.5. The second-order valence-electron chi connectivity index (χ2n) is 5.15. The van der Waals surface area contributed by atoms with Crippen molar-refractivity contribution in [1.82, 2.24) is 4.90 Å². The van der Waals surface area contributed by atoms with Crippen LogP contribution < -0.4 is 4.98 Å². The van der Waals surface area contributed by atoms with Crippen LogP contribution in [0.1, 0.15) is 34.1 Å². The number of piperidine rings is 1. The zero-order chi connectivity index (χ0) is 13.8. The van der Waals surface area contributed by atoms with Crippen molar-refractivity contribution >= 4 is 24.9 Å². The lowest BCUT2D eigenvalue weighted by Crippen LogP contribution is -2.30. The van der Waals surface area contributed by atoms with E-state index in [0.29, 0.717) is 9.52 Å². The first kappa shape index (κ1) is 22.7. The molecule has 1 saturated heterocycles. The smallest absolute Gasteiger partial charge is 0.117 e. The lowest BCUT2D eigenvalue weighted by Gasteiger charge is -2.25. The molecular weight excluding hydrogens is 288 g/mol. The molecule has 0 saturated carbocycles. The number of para-hydroxylation sites is 1. The second kappa shape index (κ2) is 15.8. The summed E-state index contributed by atoms with van der Waals surface area (Å²) in [5.41, 5.74) is 1.26. The fourth-order valence-electron chi connectivity index (χ4n) is 2.32. The molecule has 124 valence electrons. The van der Waals surface area contributed by atoms with Gasteiger partial charge in [-0.15, -0.1) is 0 Å². The quantitative estimate of drug-likeness (QED) is 0.832. The second-order valence-corrected chi connectivity index (χ2v) is 7.92. The van der Waals surface area contributed by atoms with Crippen molar-refractivity contribution in [2.75, 3.05) is 24.6 Å². The minimum Gasteiger partial charge on any atom is -0.416 e. The Bertz CT molecular complexity index is 301. The summed E-state index contributed by atoms with van der Waals surface area (Å²) in [5.74, 6) is 0. The number of hydrogen-bond donors (Lipinski definition) is 1. The summed E-state index contributed by atoms with van der Waals surface area (Å²) in [7, 11) is 0.293. The van der Waals surface area contributed by atoms with E-state index in [4.69, 9.17) is 0 Å². The summed E-state index contributed by atoms with van der Waals surface area (Å²) in [5, 5.41) is 0. The summed E-state index contributed by atoms with van der Waals surface area (Å²) < 4.78 is 0. The lowest BCUT2D eigenvalue weighted by molar-refractivity contribution is 0.240. The number of anilines is 1. The van der Waals surface area contributed by atoms with Gasteiger partial charge in [0.15, 0.2) is 0 Å². The minimum absolute atomic E-state index is 0. The Morgan fingerprint density at radius 1 is 1.00 bits per heavy atom. The maximum atomic E-state index is 3.35. The van der Waals surface area contributed by atoms with E-state index in [0.717, 1.165) is 0 Å². The van der Waals surface area contributed by atoms with Gasteiger partial charge in [0, 0.05) is 15.2 Å². The Balaban J connectivity index is 0. The molecule has 1 fully saturated rings. The molecule has 1 aliphatic heterocycles. The van der Waals surface area contributed by atoms with Crippen molar-refractivity contribution in [3.63, 3.8) is 0 Å². The van der Waals surface area contributed by atoms with Crippen molar-refractivity contribution in [2.45, 2.75) is 53.3 Å². The van der Waals surface area contributed by atoms with Gasteiger partial charge in [-0.2, -0.15) is 0 Å². The molecule has 0 amide bonds. The fourth-order valence-corrected chi connectivity index (χ4v) is 3.73. The van der Waals surface area contributed by atoms with Gasteiger partial charge in [0.2, 0.25) is 0 Å². The first-order valence-electron chi connectivity index (χ1n) is 7.88. The van der Waals surface area contributed by atoms with Crippen molar-refractivity contribution in [3.8, 4) is 0 Å². The molecule has 0 bridgehead atoms. The van der Waals surface area contributed by atoms with Gasteiger partial charge >= 0.3 is 0 Å². The molecule has 0 atom stereocenters. The molecule has 21 heavy (non-hydrogen) atoms. The van der Waals surface area contributed by atoms with Gasteiger partial charge in [-0.3, -0.25) is 0 Å². The van der Waals surface area contributed by atoms with Gasteiger partial charge in [0.25, 0.3) is 0 Å². The Kier molecular flexibility index (Phi) is 17.1. The van der Waals surface area contributed by atoms with E-state index in [-0.39, 0.29) is 24.5 Å². The number of likely N-dealkylation sites (tertiary alicyclic amines) is 1. The molecule has 4 heteroatoms. The highest BCUT2D eigenvalue weighted by Crippen LogP contribution is 2.08. The average Bonchev–Trinajstić information content (AvgIpc) is 2.48. The molecule has 1 aliphatic rings. The van der Waals surface area contributed by atoms with Crippen LogP contribution in [-0.2, 0) is 0 Å². The first-order valence-corrected chi connectivity index (χ1v) is 12.4. The number of nitrogens with one attached hydrogen (secondary N) is 1. The van der Waals surface area contributed by atoms with E-state index in [9.17, 15) is 0 Å². The predicted octanol–water partition coefficient (Wildman–Crippen LogP) is 3.61. The molecule has 1 heterocycles. The highest BCUT2D eigenvalue weighted by Gasteiger charge is 2.07. The topological polar surface area (TPSA) is 15.3 Å². The number of benzene rings is 1. The van der Waals surface area contributed by atoms with Crippen LogP contribution in [0, 0.1) is 0 Å². The van der Waals surface area contributed by atoms with E-state index < -0.39 is 0 Å². The zero-order valence-electron chi connectivity index (χ0n) is 12.7. The predicted molar refractivity (Wildman–Crippen MR) is 107 cm³/mol. The monoisotopic (exact) mass is 326 g/mol. The van der Waals surface area contributed by atoms with Crippen molar-refractivity contribution < 1.29 is 0 Å². The van der Waals surface area contributed by atoms with E-state index in [1.54, 1.807) is 0 Å². The van der Waals surface area contributed by atoms with Crippen LogP contribution in [0.4, 0.5) is 5.69 Å². The maximum absolute atomic E-state index is 3.35. The van der Waals surface area contributed by atoms with Gasteiger partial charge in [-0.05, 0) is 44.6 Å². The molecule has 2 rings (SSSR count). The lowest BCUT2D eigenvalue weighted by atomic mass is 10.1. The molecular formula is C17H38N2Si2. The minimum atomic E-state index is -0.0343. The third kappa shape index (κ3) is 11.7. The number of rotatable bonds is 5. The van der Waals surface area contributed by atoms with E-state index >= 15 is 0 Å². The van der Waals surface area contributed by atoms with Crippen LogP contribution in [0.15, 0.2) is 30.3 Å². The highest BCUT2D eigenvalue weighted by atomic mass is 28.2. The van der Waals surface area contributed by atoms with Crippen LogP contribution in [0.25, 0.3) is 0 Å². The van der Waals surface area contributed by atoms with E-state index in [1.165, 1.54) is 50.6 Å². The van der Waals surface area contributed by atoms with Crippen LogP contribution in [0.2, 0.25) is 19.1 Å². The Morgan fingerprint density at radius 3 is 2.14 bits per heavy atom. The van der Waals surface area contributed by atoms with Gasteiger partial charge in [0.1, 0.15) is 9.68 Å². The summed E-state index contributed by atoms with van der Waals surface area (Å²) in [4.78, 5) is 5.99. The highest BCUT2D eigenvalue weighted by molar-refractivity contribution is 6.38. The Labute approximate surface area is 138 Å². The summed E-state index contributed by atoms with van der Waals surface area (Å²) >= 11 is 0. The number of hydrogen-bond acceptors (Lipinski definition) is 2. The van der Waals surface area contributed by atoms with Crippen LogP contribution in [0.3, 0.4) is 0 Å². The summed E-state index contributed by atoms with van der Waals surface area (Å²) in [6.07, 6.45) is 4.37. The Morgan fingerprint density at radius 2 is 1.62 bits per heavy atom. The summed E-state index contributed by atoms with van der Waals surface area (Å²) in [6.45, 7) is 8.81. The molecule has 2 nitrogen and oxygen atoms in total. The van der Waals surface area contributed by atoms with E-state index in [1.807, 2.05) is 18.2 Å². The standard InChI is InChI=1S/C8H19NSi.C7H11NSi.2CH4/c1-10-8-7-9-5-3-2-4-6-9;1-9-8-7-5-3-2-4-6-7;;/h2-8,10H2,1H3;2-6,8H,9H2,1H3;2*1H4. The van der Waals surface area contributed by atoms with Crippen molar-refractivity contribution in [3.05, 3.63) is 30.3 Å². The average molecular weight is 327 g/mol.